The molecule has 0 N–H and O–H groups in total. The van der Waals surface area contributed by atoms with E-state index in [0.29, 0.717) is 10.9 Å². The van der Waals surface area contributed by atoms with Gasteiger partial charge in [-0.05, 0) is 49.1 Å². The number of hydrogen-bond donors (Lipinski definition) is 1. The number of halogens is 1. The van der Waals surface area contributed by atoms with Crippen molar-refractivity contribution in [2.24, 2.45) is 5.92 Å². The molecule has 0 amide bonds. The van der Waals surface area contributed by atoms with E-state index < -0.39 is 0 Å². The van der Waals surface area contributed by atoms with Crippen LogP contribution in [-0.2, 0) is 0 Å². The Kier molecular flexibility index (Phi) is 6.07. The predicted molar refractivity (Wildman–Crippen MR) is 73.9 cm³/mol. The van der Waals surface area contributed by atoms with Crippen LogP contribution < -0.4 is 4.74 Å². The maximum atomic E-state index is 6.07. The lowest BCUT2D eigenvalue weighted by molar-refractivity contribution is 0.282. The lowest BCUT2D eigenvalue weighted by atomic mass is 10.1. The van der Waals surface area contributed by atoms with Crippen molar-refractivity contribution in [2.45, 2.75) is 26.7 Å². The molecule has 1 unspecified atom stereocenters. The average molecular weight is 259 g/mol. The van der Waals surface area contributed by atoms with Crippen LogP contribution in [0.3, 0.4) is 0 Å². The molecular weight excluding hydrogens is 240 g/mol. The fourth-order valence-electron chi connectivity index (χ4n) is 1.46. The predicted octanol–water partition coefficient (Wildman–Crippen LogP) is 4.37. The van der Waals surface area contributed by atoms with Gasteiger partial charge >= 0.3 is 0 Å². The van der Waals surface area contributed by atoms with E-state index in [2.05, 4.69) is 19.6 Å². The van der Waals surface area contributed by atoms with Crippen molar-refractivity contribution >= 4 is 24.2 Å². The standard InChI is InChI=1S/C13H19ClOS/c1-10(6-8-16)5-7-15-13-4-3-11(2)9-12(13)14/h3-4,9-10,16H,5-8H2,1-2H3. The minimum atomic E-state index is 0.654. The van der Waals surface area contributed by atoms with Gasteiger partial charge < -0.3 is 4.74 Å². The Balaban J connectivity index is 2.37. The van der Waals surface area contributed by atoms with Crippen LogP contribution in [0.1, 0.15) is 25.3 Å². The summed E-state index contributed by atoms with van der Waals surface area (Å²) in [5, 5.41) is 0.696. The van der Waals surface area contributed by atoms with Crippen LogP contribution in [-0.4, -0.2) is 12.4 Å². The monoisotopic (exact) mass is 258 g/mol. The first-order valence-electron chi connectivity index (χ1n) is 5.63. The summed E-state index contributed by atoms with van der Waals surface area (Å²) in [7, 11) is 0. The maximum absolute atomic E-state index is 6.07. The minimum Gasteiger partial charge on any atom is -0.492 e. The van der Waals surface area contributed by atoms with Crippen LogP contribution >= 0.6 is 24.2 Å². The van der Waals surface area contributed by atoms with E-state index in [1.165, 1.54) is 0 Å². The highest BCUT2D eigenvalue weighted by Crippen LogP contribution is 2.25. The van der Waals surface area contributed by atoms with Crippen LogP contribution in [0.2, 0.25) is 5.02 Å². The van der Waals surface area contributed by atoms with Gasteiger partial charge in [-0.2, -0.15) is 12.6 Å². The molecule has 16 heavy (non-hydrogen) atoms. The van der Waals surface area contributed by atoms with E-state index in [1.807, 2.05) is 25.1 Å². The number of rotatable bonds is 6. The van der Waals surface area contributed by atoms with Crippen molar-refractivity contribution in [3.05, 3.63) is 28.8 Å². The van der Waals surface area contributed by atoms with E-state index in [4.69, 9.17) is 16.3 Å². The smallest absolute Gasteiger partial charge is 0.137 e. The molecule has 0 aromatic heterocycles. The van der Waals surface area contributed by atoms with E-state index in [1.54, 1.807) is 0 Å². The Morgan fingerprint density at radius 1 is 1.38 bits per heavy atom. The molecule has 0 radical (unpaired) electrons. The number of ether oxygens (including phenoxy) is 1. The van der Waals surface area contributed by atoms with Gasteiger partial charge in [0.2, 0.25) is 0 Å². The zero-order valence-electron chi connectivity index (χ0n) is 9.87. The zero-order chi connectivity index (χ0) is 12.0. The Hall–Kier alpha value is -0.340. The number of benzene rings is 1. The Morgan fingerprint density at radius 2 is 2.12 bits per heavy atom. The van der Waals surface area contributed by atoms with Crippen molar-refractivity contribution < 1.29 is 4.74 Å². The maximum Gasteiger partial charge on any atom is 0.137 e. The van der Waals surface area contributed by atoms with Gasteiger partial charge in [-0.15, -0.1) is 0 Å². The first kappa shape index (κ1) is 13.7. The molecule has 0 aliphatic rings. The lowest BCUT2D eigenvalue weighted by Crippen LogP contribution is -2.05. The van der Waals surface area contributed by atoms with Crippen LogP contribution in [0.25, 0.3) is 0 Å². The van der Waals surface area contributed by atoms with Gasteiger partial charge in [-0.25, -0.2) is 0 Å². The molecule has 0 aliphatic heterocycles. The lowest BCUT2D eigenvalue weighted by Gasteiger charge is -2.12. The summed E-state index contributed by atoms with van der Waals surface area (Å²) in [6.45, 7) is 4.96. The third-order valence-electron chi connectivity index (χ3n) is 2.58. The van der Waals surface area contributed by atoms with Crippen molar-refractivity contribution in [2.75, 3.05) is 12.4 Å². The van der Waals surface area contributed by atoms with E-state index in [-0.39, 0.29) is 0 Å². The van der Waals surface area contributed by atoms with Gasteiger partial charge in [0.1, 0.15) is 5.75 Å². The topological polar surface area (TPSA) is 9.23 Å². The van der Waals surface area contributed by atoms with Crippen molar-refractivity contribution in [3.8, 4) is 5.75 Å². The van der Waals surface area contributed by atoms with Gasteiger partial charge in [0.25, 0.3) is 0 Å². The molecule has 1 atom stereocenters. The molecule has 0 heterocycles. The molecule has 1 rings (SSSR count). The molecule has 1 aromatic rings. The van der Waals surface area contributed by atoms with Crippen LogP contribution in [0.15, 0.2) is 18.2 Å². The first-order valence-corrected chi connectivity index (χ1v) is 6.64. The van der Waals surface area contributed by atoms with Crippen LogP contribution in [0, 0.1) is 12.8 Å². The summed E-state index contributed by atoms with van der Waals surface area (Å²) >= 11 is 10.3. The molecule has 90 valence electrons. The fourth-order valence-corrected chi connectivity index (χ4v) is 2.19. The molecule has 3 heteroatoms. The second-order valence-electron chi connectivity index (χ2n) is 4.19. The van der Waals surface area contributed by atoms with Gasteiger partial charge in [0, 0.05) is 0 Å². The minimum absolute atomic E-state index is 0.654. The van der Waals surface area contributed by atoms with E-state index >= 15 is 0 Å². The summed E-state index contributed by atoms with van der Waals surface area (Å²) in [6, 6.07) is 5.87. The molecule has 1 aromatic carbocycles. The third kappa shape index (κ3) is 4.67. The normalized spacial score (nSPS) is 12.5. The van der Waals surface area contributed by atoms with Crippen LogP contribution in [0.4, 0.5) is 0 Å². The molecule has 0 fully saturated rings. The van der Waals surface area contributed by atoms with Gasteiger partial charge in [-0.3, -0.25) is 0 Å². The number of thiol groups is 1. The fraction of sp³-hybridized carbons (Fsp3) is 0.538. The largest absolute Gasteiger partial charge is 0.492 e. The van der Waals surface area contributed by atoms with Gasteiger partial charge in [0.15, 0.2) is 0 Å². The quantitative estimate of drug-likeness (QED) is 0.746. The molecular formula is C13H19ClOS. The van der Waals surface area contributed by atoms with E-state index in [9.17, 15) is 0 Å². The SMILES string of the molecule is Cc1ccc(OCCC(C)CCS)c(Cl)c1. The summed E-state index contributed by atoms with van der Waals surface area (Å²) < 4.78 is 5.65. The summed E-state index contributed by atoms with van der Waals surface area (Å²) in [6.07, 6.45) is 2.18. The third-order valence-corrected chi connectivity index (χ3v) is 3.13. The molecule has 1 nitrogen and oxygen atoms in total. The van der Waals surface area contributed by atoms with Crippen molar-refractivity contribution in [3.63, 3.8) is 0 Å². The Morgan fingerprint density at radius 3 is 2.75 bits per heavy atom. The van der Waals surface area contributed by atoms with Gasteiger partial charge in [-0.1, -0.05) is 24.6 Å². The van der Waals surface area contributed by atoms with Crippen molar-refractivity contribution in [1.82, 2.24) is 0 Å². The van der Waals surface area contributed by atoms with Crippen LogP contribution in [0.5, 0.6) is 5.75 Å². The molecule has 0 saturated carbocycles. The van der Waals surface area contributed by atoms with E-state index in [0.717, 1.165) is 36.5 Å². The highest BCUT2D eigenvalue weighted by molar-refractivity contribution is 7.80. The number of aryl methyl sites for hydroxylation is 1. The Labute approximate surface area is 109 Å². The molecule has 0 saturated heterocycles. The molecule has 0 spiro atoms. The summed E-state index contributed by atoms with van der Waals surface area (Å²) in [4.78, 5) is 0. The van der Waals surface area contributed by atoms with Gasteiger partial charge in [0.05, 0.1) is 11.6 Å². The van der Waals surface area contributed by atoms with Crippen molar-refractivity contribution in [1.29, 1.82) is 0 Å². The first-order chi connectivity index (χ1) is 7.63. The highest BCUT2D eigenvalue weighted by Gasteiger charge is 2.04. The second-order valence-corrected chi connectivity index (χ2v) is 5.04. The Bertz CT molecular complexity index is 328. The highest BCUT2D eigenvalue weighted by atomic mass is 35.5. The average Bonchev–Trinajstić information content (AvgIpc) is 2.22. The summed E-state index contributed by atoms with van der Waals surface area (Å²) in [5.74, 6) is 2.37. The zero-order valence-corrected chi connectivity index (χ0v) is 11.5. The molecule has 0 bridgehead atoms. The second kappa shape index (κ2) is 7.08. The molecule has 0 aliphatic carbocycles. The summed E-state index contributed by atoms with van der Waals surface area (Å²) in [5.41, 5.74) is 1.15. The number of hydrogen-bond acceptors (Lipinski definition) is 2.